The summed E-state index contributed by atoms with van der Waals surface area (Å²) >= 11 is 6.15. The van der Waals surface area contributed by atoms with Gasteiger partial charge >= 0.3 is 0 Å². The molecule has 1 fully saturated rings. The van der Waals surface area contributed by atoms with Gasteiger partial charge in [0, 0.05) is 18.7 Å². The first kappa shape index (κ1) is 17.1. The Labute approximate surface area is 136 Å². The summed E-state index contributed by atoms with van der Waals surface area (Å²) in [5.74, 6) is 0.848. The third-order valence-corrected chi connectivity index (χ3v) is 3.90. The number of benzene rings is 1. The van der Waals surface area contributed by atoms with Crippen molar-refractivity contribution in [3.8, 4) is 5.75 Å². The third-order valence-electron chi connectivity index (χ3n) is 3.61. The number of carbonyl (C=O) groups is 1. The summed E-state index contributed by atoms with van der Waals surface area (Å²) in [6.45, 7) is 3.26. The second-order valence-corrected chi connectivity index (χ2v) is 5.84. The second-order valence-electron chi connectivity index (χ2n) is 5.43. The zero-order chi connectivity index (χ0) is 15.8. The fourth-order valence-corrected chi connectivity index (χ4v) is 2.57. The first-order valence-corrected chi connectivity index (χ1v) is 8.07. The summed E-state index contributed by atoms with van der Waals surface area (Å²) < 4.78 is 10.9. The van der Waals surface area contributed by atoms with E-state index in [1.54, 1.807) is 18.2 Å². The highest BCUT2D eigenvalue weighted by atomic mass is 35.5. The molecule has 1 heterocycles. The van der Waals surface area contributed by atoms with Gasteiger partial charge in [0.2, 0.25) is 0 Å². The lowest BCUT2D eigenvalue weighted by Crippen LogP contribution is -2.33. The Hall–Kier alpha value is -1.30. The van der Waals surface area contributed by atoms with Crippen LogP contribution in [0.25, 0.3) is 0 Å². The van der Waals surface area contributed by atoms with Crippen LogP contribution in [-0.4, -0.2) is 38.8 Å². The number of hydrogen-bond donors (Lipinski definition) is 2. The van der Waals surface area contributed by atoms with Crippen molar-refractivity contribution in [1.29, 1.82) is 0 Å². The highest BCUT2D eigenvalue weighted by Crippen LogP contribution is 2.25. The van der Waals surface area contributed by atoms with Gasteiger partial charge in [-0.2, -0.15) is 0 Å². The predicted octanol–water partition coefficient (Wildman–Crippen LogP) is 2.22. The number of nitrogens with one attached hydrogen (secondary N) is 1. The highest BCUT2D eigenvalue weighted by Gasteiger charge is 2.16. The molecule has 0 aliphatic carbocycles. The molecule has 2 rings (SSSR count). The van der Waals surface area contributed by atoms with Gasteiger partial charge in [-0.3, -0.25) is 4.79 Å². The lowest BCUT2D eigenvalue weighted by Gasteiger charge is -2.22. The first-order chi connectivity index (χ1) is 10.7. The summed E-state index contributed by atoms with van der Waals surface area (Å²) in [6, 6.07) is 5.07. The van der Waals surface area contributed by atoms with Gasteiger partial charge in [0.05, 0.1) is 18.2 Å². The maximum absolute atomic E-state index is 12.1. The van der Waals surface area contributed by atoms with Crippen molar-refractivity contribution in [2.45, 2.75) is 19.3 Å². The summed E-state index contributed by atoms with van der Waals surface area (Å²) in [5, 5.41) is 3.37. The van der Waals surface area contributed by atoms with Crippen LogP contribution in [0.4, 0.5) is 0 Å². The number of amides is 1. The minimum absolute atomic E-state index is 0.124. The molecular formula is C16H23ClN2O3. The van der Waals surface area contributed by atoms with Crippen LogP contribution < -0.4 is 15.8 Å². The topological polar surface area (TPSA) is 73.6 Å². The van der Waals surface area contributed by atoms with Crippen molar-refractivity contribution in [2.24, 2.45) is 11.7 Å². The molecule has 0 aromatic heterocycles. The fourth-order valence-electron chi connectivity index (χ4n) is 2.33. The Kier molecular flexibility index (Phi) is 6.96. The number of hydrogen-bond acceptors (Lipinski definition) is 4. The number of nitrogens with two attached hydrogens (primary N) is 1. The molecule has 1 aliphatic rings. The number of rotatable bonds is 7. The average molecular weight is 327 g/mol. The molecule has 1 saturated heterocycles. The maximum atomic E-state index is 12.1. The van der Waals surface area contributed by atoms with Gasteiger partial charge in [-0.05, 0) is 49.9 Å². The molecule has 6 heteroatoms. The van der Waals surface area contributed by atoms with Crippen molar-refractivity contribution >= 4 is 17.5 Å². The van der Waals surface area contributed by atoms with E-state index < -0.39 is 0 Å². The normalized spacial score (nSPS) is 18.0. The Bertz CT molecular complexity index is 490. The van der Waals surface area contributed by atoms with Crippen LogP contribution in [0.5, 0.6) is 5.75 Å². The molecule has 1 aromatic carbocycles. The van der Waals surface area contributed by atoms with Crippen LogP contribution in [0.15, 0.2) is 18.2 Å². The Morgan fingerprint density at radius 1 is 1.50 bits per heavy atom. The fraction of sp³-hybridized carbons (Fsp3) is 0.562. The Morgan fingerprint density at radius 3 is 3.05 bits per heavy atom. The summed E-state index contributed by atoms with van der Waals surface area (Å²) in [4.78, 5) is 12.1. The monoisotopic (exact) mass is 326 g/mol. The van der Waals surface area contributed by atoms with E-state index in [-0.39, 0.29) is 5.91 Å². The molecular weight excluding hydrogens is 304 g/mol. The first-order valence-electron chi connectivity index (χ1n) is 7.69. The van der Waals surface area contributed by atoms with Gasteiger partial charge in [-0.15, -0.1) is 0 Å². The second kappa shape index (κ2) is 8.98. The molecule has 0 radical (unpaired) electrons. The minimum atomic E-state index is -0.124. The summed E-state index contributed by atoms with van der Waals surface area (Å²) in [7, 11) is 0. The molecule has 3 N–H and O–H groups in total. The van der Waals surface area contributed by atoms with Crippen molar-refractivity contribution in [1.82, 2.24) is 5.32 Å². The predicted molar refractivity (Wildman–Crippen MR) is 86.5 cm³/mol. The number of halogens is 1. The van der Waals surface area contributed by atoms with E-state index in [9.17, 15) is 4.79 Å². The lowest BCUT2D eigenvalue weighted by molar-refractivity contribution is 0.0536. The lowest BCUT2D eigenvalue weighted by atomic mass is 10.0. The Morgan fingerprint density at radius 2 is 2.36 bits per heavy atom. The molecule has 22 heavy (non-hydrogen) atoms. The quantitative estimate of drug-likeness (QED) is 0.754. The molecule has 1 amide bonds. The van der Waals surface area contributed by atoms with Gasteiger partial charge in [0.25, 0.3) is 5.91 Å². The summed E-state index contributed by atoms with van der Waals surface area (Å²) in [6.07, 6.45) is 2.91. The molecule has 0 spiro atoms. The molecule has 1 aromatic rings. The van der Waals surface area contributed by atoms with E-state index in [0.29, 0.717) is 41.9 Å². The van der Waals surface area contributed by atoms with E-state index in [1.165, 1.54) is 0 Å². The molecule has 0 saturated carbocycles. The van der Waals surface area contributed by atoms with Crippen molar-refractivity contribution in [2.75, 3.05) is 32.9 Å². The van der Waals surface area contributed by atoms with Gasteiger partial charge in [-0.25, -0.2) is 0 Å². The standard InChI is InChI=1S/C16H23ClN2O3/c17-14-9-13(4-5-15(14)22-8-2-6-18)16(20)19-10-12-3-1-7-21-11-12/h4-5,9,12H,1-3,6-8,10-11,18H2,(H,19,20)/t12-/m0/s1. The molecule has 5 nitrogen and oxygen atoms in total. The van der Waals surface area contributed by atoms with Crippen LogP contribution in [0.3, 0.4) is 0 Å². The Balaban J connectivity index is 1.85. The van der Waals surface area contributed by atoms with Crippen LogP contribution in [0.1, 0.15) is 29.6 Å². The van der Waals surface area contributed by atoms with Crippen molar-refractivity contribution in [3.05, 3.63) is 28.8 Å². The van der Waals surface area contributed by atoms with Crippen LogP contribution in [-0.2, 0) is 4.74 Å². The van der Waals surface area contributed by atoms with E-state index in [2.05, 4.69) is 5.32 Å². The van der Waals surface area contributed by atoms with Crippen LogP contribution >= 0.6 is 11.6 Å². The minimum Gasteiger partial charge on any atom is -0.492 e. The maximum Gasteiger partial charge on any atom is 0.251 e. The largest absolute Gasteiger partial charge is 0.492 e. The van der Waals surface area contributed by atoms with Gasteiger partial charge in [0.15, 0.2) is 0 Å². The summed E-state index contributed by atoms with van der Waals surface area (Å²) in [5.41, 5.74) is 5.95. The van der Waals surface area contributed by atoms with Crippen LogP contribution in [0, 0.1) is 5.92 Å². The smallest absolute Gasteiger partial charge is 0.251 e. The van der Waals surface area contributed by atoms with Gasteiger partial charge in [-0.1, -0.05) is 11.6 Å². The number of ether oxygens (including phenoxy) is 2. The average Bonchev–Trinajstić information content (AvgIpc) is 2.55. The third kappa shape index (κ3) is 5.16. The molecule has 0 unspecified atom stereocenters. The highest BCUT2D eigenvalue weighted by molar-refractivity contribution is 6.32. The van der Waals surface area contributed by atoms with E-state index in [0.717, 1.165) is 32.5 Å². The van der Waals surface area contributed by atoms with Crippen LogP contribution in [0.2, 0.25) is 5.02 Å². The zero-order valence-corrected chi connectivity index (χ0v) is 13.4. The van der Waals surface area contributed by atoms with Gasteiger partial charge < -0.3 is 20.5 Å². The van der Waals surface area contributed by atoms with E-state index >= 15 is 0 Å². The van der Waals surface area contributed by atoms with Crippen molar-refractivity contribution < 1.29 is 14.3 Å². The zero-order valence-electron chi connectivity index (χ0n) is 12.6. The van der Waals surface area contributed by atoms with E-state index in [1.807, 2.05) is 0 Å². The van der Waals surface area contributed by atoms with Crippen molar-refractivity contribution in [3.63, 3.8) is 0 Å². The van der Waals surface area contributed by atoms with Gasteiger partial charge in [0.1, 0.15) is 5.75 Å². The molecule has 1 aliphatic heterocycles. The SMILES string of the molecule is NCCCOc1ccc(C(=O)NC[C@@H]2CCCOC2)cc1Cl. The number of carbonyl (C=O) groups excluding carboxylic acids is 1. The molecule has 1 atom stereocenters. The van der Waals surface area contributed by atoms with E-state index in [4.69, 9.17) is 26.8 Å². The molecule has 0 bridgehead atoms. The molecule has 122 valence electrons.